The summed E-state index contributed by atoms with van der Waals surface area (Å²) in [6, 6.07) is 2.15. The number of amides is 2. The Morgan fingerprint density at radius 2 is 2.04 bits per heavy atom. The fraction of sp³-hybridized carbons (Fsp3) is 0.750. The second-order valence-electron chi connectivity index (χ2n) is 8.75. The Kier molecular flexibility index (Phi) is 6.19. The number of H-pyrrole nitrogens is 1. The fourth-order valence-corrected chi connectivity index (χ4v) is 4.22. The van der Waals surface area contributed by atoms with Gasteiger partial charge in [0.15, 0.2) is 0 Å². The molecule has 0 radical (unpaired) electrons. The van der Waals surface area contributed by atoms with Crippen molar-refractivity contribution in [1.82, 2.24) is 24.9 Å². The summed E-state index contributed by atoms with van der Waals surface area (Å²) in [5.41, 5.74) is 2.24. The summed E-state index contributed by atoms with van der Waals surface area (Å²) >= 11 is 0. The maximum Gasteiger partial charge on any atom is 0.227 e. The van der Waals surface area contributed by atoms with Gasteiger partial charge in [-0.2, -0.15) is 5.10 Å². The second-order valence-corrected chi connectivity index (χ2v) is 8.75. The molecule has 1 aromatic heterocycles. The average molecular weight is 376 g/mol. The van der Waals surface area contributed by atoms with E-state index in [4.69, 9.17) is 0 Å². The van der Waals surface area contributed by atoms with E-state index in [1.165, 1.54) is 0 Å². The van der Waals surface area contributed by atoms with Crippen LogP contribution >= 0.6 is 0 Å². The molecule has 150 valence electrons. The van der Waals surface area contributed by atoms with Crippen molar-refractivity contribution in [2.24, 2.45) is 11.8 Å². The predicted molar refractivity (Wildman–Crippen MR) is 104 cm³/mol. The lowest BCUT2D eigenvalue weighted by Gasteiger charge is -2.33. The summed E-state index contributed by atoms with van der Waals surface area (Å²) in [6.07, 6.45) is 2.25. The van der Waals surface area contributed by atoms with Gasteiger partial charge in [0.2, 0.25) is 11.8 Å². The van der Waals surface area contributed by atoms with Crippen LogP contribution < -0.4 is 0 Å². The third-order valence-corrected chi connectivity index (χ3v) is 5.51. The van der Waals surface area contributed by atoms with E-state index in [0.717, 1.165) is 50.4 Å². The highest BCUT2D eigenvalue weighted by molar-refractivity contribution is 5.89. The fourth-order valence-electron chi connectivity index (χ4n) is 4.22. The molecule has 2 amide bonds. The van der Waals surface area contributed by atoms with Crippen molar-refractivity contribution in [2.75, 3.05) is 40.3 Å². The van der Waals surface area contributed by atoms with Gasteiger partial charge in [0.1, 0.15) is 0 Å². The number of aromatic nitrogens is 2. The summed E-state index contributed by atoms with van der Waals surface area (Å²) in [5.74, 6) is 0.962. The number of aromatic amines is 1. The molecule has 3 heterocycles. The van der Waals surface area contributed by atoms with E-state index in [-0.39, 0.29) is 17.7 Å². The Bertz CT molecular complexity index is 661. The molecule has 7 nitrogen and oxygen atoms in total. The zero-order valence-electron chi connectivity index (χ0n) is 17.1. The van der Waals surface area contributed by atoms with Crippen LogP contribution in [0, 0.1) is 11.8 Å². The topological polar surface area (TPSA) is 72.5 Å². The van der Waals surface area contributed by atoms with Crippen molar-refractivity contribution in [3.8, 4) is 0 Å². The summed E-state index contributed by atoms with van der Waals surface area (Å²) in [4.78, 5) is 31.0. The molecule has 1 atom stereocenters. The summed E-state index contributed by atoms with van der Waals surface area (Å²) in [5, 5.41) is 7.60. The first kappa shape index (κ1) is 19.9. The van der Waals surface area contributed by atoms with Crippen LogP contribution in [0.5, 0.6) is 0 Å². The van der Waals surface area contributed by atoms with Gasteiger partial charge < -0.3 is 14.7 Å². The third-order valence-electron chi connectivity index (χ3n) is 5.51. The summed E-state index contributed by atoms with van der Waals surface area (Å²) < 4.78 is 0. The van der Waals surface area contributed by atoms with Gasteiger partial charge >= 0.3 is 0 Å². The molecule has 0 bridgehead atoms. The number of carbonyl (C=O) groups is 2. The molecule has 0 aromatic carbocycles. The first-order valence-corrected chi connectivity index (χ1v) is 10.1. The molecule has 7 heteroatoms. The van der Waals surface area contributed by atoms with Crippen molar-refractivity contribution in [3.63, 3.8) is 0 Å². The van der Waals surface area contributed by atoms with E-state index >= 15 is 0 Å². The van der Waals surface area contributed by atoms with Gasteiger partial charge in [-0.25, -0.2) is 0 Å². The normalized spacial score (nSPS) is 21.7. The molecule has 3 rings (SSSR count). The molecule has 2 aliphatic heterocycles. The Labute approximate surface area is 162 Å². The number of nitrogens with one attached hydrogen (secondary N) is 1. The van der Waals surface area contributed by atoms with Crippen molar-refractivity contribution in [1.29, 1.82) is 0 Å². The molecule has 0 aliphatic carbocycles. The van der Waals surface area contributed by atoms with Crippen LogP contribution in [0.2, 0.25) is 0 Å². The van der Waals surface area contributed by atoms with Gasteiger partial charge in [-0.15, -0.1) is 0 Å². The van der Waals surface area contributed by atoms with E-state index in [2.05, 4.69) is 35.0 Å². The van der Waals surface area contributed by atoms with E-state index in [9.17, 15) is 9.59 Å². The Morgan fingerprint density at radius 3 is 2.67 bits per heavy atom. The smallest absolute Gasteiger partial charge is 0.227 e. The van der Waals surface area contributed by atoms with Gasteiger partial charge in [0.05, 0.1) is 11.6 Å². The number of nitrogens with zero attached hydrogens (tertiary/aromatic N) is 4. The van der Waals surface area contributed by atoms with Crippen molar-refractivity contribution < 1.29 is 9.59 Å². The van der Waals surface area contributed by atoms with Crippen LogP contribution in [0.1, 0.15) is 50.4 Å². The van der Waals surface area contributed by atoms with Gasteiger partial charge in [0.25, 0.3) is 0 Å². The van der Waals surface area contributed by atoms with Gasteiger partial charge in [0, 0.05) is 50.8 Å². The first-order valence-electron chi connectivity index (χ1n) is 10.1. The zero-order valence-corrected chi connectivity index (χ0v) is 17.1. The van der Waals surface area contributed by atoms with Gasteiger partial charge in [-0.05, 0) is 38.9 Å². The number of likely N-dealkylation sites (tertiary alicyclic amines) is 2. The highest BCUT2D eigenvalue weighted by Gasteiger charge is 2.37. The number of carbonyl (C=O) groups excluding carboxylic acids is 2. The van der Waals surface area contributed by atoms with Crippen LogP contribution in [-0.2, 0) is 16.1 Å². The molecular formula is C20H33N5O2. The maximum atomic E-state index is 12.9. The standard InChI is InChI=1S/C20H33N5O2/c1-14(2)11-25-12-16(9-19(25)26)20(27)24-7-5-15(6-8-24)18-10-17(21-22-18)13-23(3)4/h10,14-16H,5-9,11-13H2,1-4H3,(H,21,22)/t16-/m1/s1. The van der Waals surface area contributed by atoms with Crippen LogP contribution in [0.25, 0.3) is 0 Å². The zero-order chi connectivity index (χ0) is 19.6. The lowest BCUT2D eigenvalue weighted by Crippen LogP contribution is -2.42. The first-order chi connectivity index (χ1) is 12.8. The van der Waals surface area contributed by atoms with Crippen LogP contribution in [-0.4, -0.2) is 77.0 Å². The molecule has 0 spiro atoms. The lowest BCUT2D eigenvalue weighted by molar-refractivity contribution is -0.136. The SMILES string of the molecule is CC(C)CN1C[C@H](C(=O)N2CCC(c3cc(CN(C)C)[nH]n3)CC2)CC1=O. The minimum absolute atomic E-state index is 0.127. The molecule has 1 N–H and O–H groups in total. The van der Waals surface area contributed by atoms with E-state index in [0.29, 0.717) is 24.8 Å². The van der Waals surface area contributed by atoms with E-state index in [1.807, 2.05) is 23.9 Å². The minimum atomic E-state index is -0.162. The molecule has 2 fully saturated rings. The van der Waals surface area contributed by atoms with Crippen molar-refractivity contribution >= 4 is 11.8 Å². The molecule has 1 aromatic rings. The Morgan fingerprint density at radius 1 is 1.33 bits per heavy atom. The van der Waals surface area contributed by atoms with Crippen LogP contribution in [0.3, 0.4) is 0 Å². The largest absolute Gasteiger partial charge is 0.342 e. The monoisotopic (exact) mass is 375 g/mol. The molecule has 2 aliphatic rings. The predicted octanol–water partition coefficient (Wildman–Crippen LogP) is 1.68. The number of rotatable bonds is 6. The highest BCUT2D eigenvalue weighted by atomic mass is 16.2. The third kappa shape index (κ3) is 4.89. The summed E-state index contributed by atoms with van der Waals surface area (Å²) in [6.45, 7) is 7.91. The average Bonchev–Trinajstić information content (AvgIpc) is 3.21. The molecule has 0 saturated carbocycles. The number of hydrogen-bond donors (Lipinski definition) is 1. The van der Waals surface area contributed by atoms with Crippen molar-refractivity contribution in [3.05, 3.63) is 17.5 Å². The number of hydrogen-bond acceptors (Lipinski definition) is 4. The quantitative estimate of drug-likeness (QED) is 0.821. The lowest BCUT2D eigenvalue weighted by atomic mass is 9.92. The Balaban J connectivity index is 1.51. The van der Waals surface area contributed by atoms with E-state index < -0.39 is 0 Å². The molecule has 0 unspecified atom stereocenters. The van der Waals surface area contributed by atoms with Crippen molar-refractivity contribution in [2.45, 2.75) is 45.6 Å². The number of piperidine rings is 1. The van der Waals surface area contributed by atoms with E-state index in [1.54, 1.807) is 0 Å². The van der Waals surface area contributed by atoms with Crippen LogP contribution in [0.15, 0.2) is 6.07 Å². The van der Waals surface area contributed by atoms with Crippen LogP contribution in [0.4, 0.5) is 0 Å². The Hall–Kier alpha value is -1.89. The van der Waals surface area contributed by atoms with Gasteiger partial charge in [-0.3, -0.25) is 14.7 Å². The molecular weight excluding hydrogens is 342 g/mol. The summed E-state index contributed by atoms with van der Waals surface area (Å²) in [7, 11) is 4.08. The van der Waals surface area contributed by atoms with Gasteiger partial charge in [-0.1, -0.05) is 13.8 Å². The second kappa shape index (κ2) is 8.42. The minimum Gasteiger partial charge on any atom is -0.342 e. The highest BCUT2D eigenvalue weighted by Crippen LogP contribution is 2.29. The molecule has 2 saturated heterocycles. The molecule has 27 heavy (non-hydrogen) atoms. The maximum absolute atomic E-state index is 12.9.